The van der Waals surface area contributed by atoms with Crippen molar-refractivity contribution >= 4 is 0 Å². The van der Waals surface area contributed by atoms with E-state index in [1.54, 1.807) is 12.4 Å². The number of nitrogens with zero attached hydrogens (tertiary/aromatic N) is 3. The third-order valence-electron chi connectivity index (χ3n) is 3.29. The minimum absolute atomic E-state index is 0.539. The van der Waals surface area contributed by atoms with E-state index in [0.717, 1.165) is 31.5 Å². The predicted molar refractivity (Wildman–Crippen MR) is 70.3 cm³/mol. The third-order valence-corrected chi connectivity index (χ3v) is 3.29. The van der Waals surface area contributed by atoms with E-state index < -0.39 is 0 Å². The molecule has 0 aliphatic carbocycles. The van der Waals surface area contributed by atoms with E-state index in [1.165, 1.54) is 0 Å². The molecule has 0 bridgehead atoms. The van der Waals surface area contributed by atoms with E-state index in [1.807, 2.05) is 12.1 Å². The SMILES string of the molecule is c1cc(-c2noc(CNC3CCNCC3)n2)ccn1. The molecule has 2 aromatic rings. The molecule has 1 aliphatic rings. The second kappa shape index (κ2) is 5.90. The van der Waals surface area contributed by atoms with Crippen LogP contribution in [0.3, 0.4) is 0 Å². The molecule has 3 rings (SSSR count). The molecule has 0 spiro atoms. The Morgan fingerprint density at radius 2 is 2.05 bits per heavy atom. The number of rotatable bonds is 4. The van der Waals surface area contributed by atoms with Gasteiger partial charge in [0.15, 0.2) is 0 Å². The molecule has 1 fully saturated rings. The van der Waals surface area contributed by atoms with Gasteiger partial charge in [0, 0.05) is 24.0 Å². The van der Waals surface area contributed by atoms with Crippen LogP contribution in [0.25, 0.3) is 11.4 Å². The quantitative estimate of drug-likeness (QED) is 0.852. The summed E-state index contributed by atoms with van der Waals surface area (Å²) in [5.41, 5.74) is 0.923. The van der Waals surface area contributed by atoms with Crippen LogP contribution in [-0.2, 0) is 6.54 Å². The maximum absolute atomic E-state index is 5.25. The molecule has 100 valence electrons. The molecule has 2 aromatic heterocycles. The average Bonchev–Trinajstić information content (AvgIpc) is 2.96. The van der Waals surface area contributed by atoms with E-state index in [0.29, 0.717) is 24.3 Å². The van der Waals surface area contributed by atoms with E-state index in [9.17, 15) is 0 Å². The Morgan fingerprint density at radius 3 is 2.84 bits per heavy atom. The van der Waals surface area contributed by atoms with Crippen molar-refractivity contribution in [3.8, 4) is 11.4 Å². The maximum atomic E-state index is 5.25. The summed E-state index contributed by atoms with van der Waals surface area (Å²) < 4.78 is 5.25. The summed E-state index contributed by atoms with van der Waals surface area (Å²) in [4.78, 5) is 8.35. The van der Waals surface area contributed by atoms with Gasteiger partial charge in [-0.2, -0.15) is 4.98 Å². The molecule has 3 heterocycles. The van der Waals surface area contributed by atoms with Gasteiger partial charge < -0.3 is 15.2 Å². The molecule has 0 unspecified atom stereocenters. The molecule has 0 amide bonds. The molecule has 19 heavy (non-hydrogen) atoms. The second-order valence-electron chi connectivity index (χ2n) is 4.65. The monoisotopic (exact) mass is 259 g/mol. The van der Waals surface area contributed by atoms with E-state index in [4.69, 9.17) is 4.52 Å². The van der Waals surface area contributed by atoms with Crippen molar-refractivity contribution in [3.05, 3.63) is 30.4 Å². The first-order valence-corrected chi connectivity index (χ1v) is 6.59. The van der Waals surface area contributed by atoms with Crippen molar-refractivity contribution < 1.29 is 4.52 Å². The largest absolute Gasteiger partial charge is 0.338 e. The summed E-state index contributed by atoms with van der Waals surface area (Å²) in [5, 5.41) is 10.8. The van der Waals surface area contributed by atoms with Gasteiger partial charge in [-0.3, -0.25) is 4.98 Å². The van der Waals surface area contributed by atoms with Gasteiger partial charge in [0.05, 0.1) is 6.54 Å². The van der Waals surface area contributed by atoms with Gasteiger partial charge in [0.25, 0.3) is 0 Å². The van der Waals surface area contributed by atoms with Crippen LogP contribution in [-0.4, -0.2) is 34.3 Å². The number of piperidine rings is 1. The Balaban J connectivity index is 1.59. The van der Waals surface area contributed by atoms with E-state index in [2.05, 4.69) is 25.8 Å². The van der Waals surface area contributed by atoms with E-state index >= 15 is 0 Å². The highest BCUT2D eigenvalue weighted by Crippen LogP contribution is 2.14. The van der Waals surface area contributed by atoms with Crippen molar-refractivity contribution in [3.63, 3.8) is 0 Å². The first-order chi connectivity index (χ1) is 9.42. The summed E-state index contributed by atoms with van der Waals surface area (Å²) >= 11 is 0. The average molecular weight is 259 g/mol. The normalized spacial score (nSPS) is 16.6. The van der Waals surface area contributed by atoms with Crippen molar-refractivity contribution in [2.24, 2.45) is 0 Å². The highest BCUT2D eigenvalue weighted by molar-refractivity contribution is 5.52. The molecule has 0 aromatic carbocycles. The van der Waals surface area contributed by atoms with Crippen molar-refractivity contribution in [2.75, 3.05) is 13.1 Å². The van der Waals surface area contributed by atoms with E-state index in [-0.39, 0.29) is 0 Å². The fourth-order valence-corrected chi connectivity index (χ4v) is 2.20. The number of pyridine rings is 1. The topological polar surface area (TPSA) is 75.9 Å². The minimum atomic E-state index is 0.539. The molecule has 1 aliphatic heterocycles. The smallest absolute Gasteiger partial charge is 0.240 e. The van der Waals surface area contributed by atoms with Crippen LogP contribution in [0, 0.1) is 0 Å². The number of nitrogens with one attached hydrogen (secondary N) is 2. The van der Waals surface area contributed by atoms with Gasteiger partial charge >= 0.3 is 0 Å². The molecule has 1 saturated heterocycles. The fraction of sp³-hybridized carbons (Fsp3) is 0.462. The van der Waals surface area contributed by atoms with Gasteiger partial charge in [-0.25, -0.2) is 0 Å². The lowest BCUT2D eigenvalue weighted by atomic mass is 10.1. The van der Waals surface area contributed by atoms with Crippen LogP contribution in [0.5, 0.6) is 0 Å². The molecule has 6 heteroatoms. The number of aromatic nitrogens is 3. The molecule has 2 N–H and O–H groups in total. The zero-order valence-corrected chi connectivity index (χ0v) is 10.7. The fourth-order valence-electron chi connectivity index (χ4n) is 2.20. The Kier molecular flexibility index (Phi) is 3.81. The van der Waals surface area contributed by atoms with Crippen LogP contribution >= 0.6 is 0 Å². The Morgan fingerprint density at radius 1 is 1.26 bits per heavy atom. The van der Waals surface area contributed by atoms with Gasteiger partial charge in [-0.05, 0) is 38.1 Å². The van der Waals surface area contributed by atoms with Crippen LogP contribution in [0.2, 0.25) is 0 Å². The lowest BCUT2D eigenvalue weighted by molar-refractivity contribution is 0.333. The third kappa shape index (κ3) is 3.15. The van der Waals surface area contributed by atoms with Crippen molar-refractivity contribution in [2.45, 2.75) is 25.4 Å². The van der Waals surface area contributed by atoms with Crippen LogP contribution in [0.4, 0.5) is 0 Å². The van der Waals surface area contributed by atoms with Crippen molar-refractivity contribution in [1.82, 2.24) is 25.8 Å². The molecule has 0 radical (unpaired) electrons. The number of hydrogen-bond acceptors (Lipinski definition) is 6. The zero-order chi connectivity index (χ0) is 12.9. The summed E-state index contributed by atoms with van der Waals surface area (Å²) in [6, 6.07) is 4.28. The summed E-state index contributed by atoms with van der Waals surface area (Å²) in [7, 11) is 0. The predicted octanol–water partition coefficient (Wildman–Crippen LogP) is 0.973. The Hall–Kier alpha value is -1.79. The molecule has 0 saturated carbocycles. The standard InChI is InChI=1S/C13H17N5O/c1-5-14-6-2-10(1)13-17-12(19-18-13)9-16-11-3-7-15-8-4-11/h1-2,5-6,11,15-16H,3-4,7-9H2. The molecule has 0 atom stereocenters. The second-order valence-corrected chi connectivity index (χ2v) is 4.65. The zero-order valence-electron chi connectivity index (χ0n) is 10.7. The van der Waals surface area contributed by atoms with Crippen molar-refractivity contribution in [1.29, 1.82) is 0 Å². The summed E-state index contributed by atoms with van der Waals surface area (Å²) in [6.45, 7) is 2.77. The first-order valence-electron chi connectivity index (χ1n) is 6.59. The molecular weight excluding hydrogens is 242 g/mol. The lowest BCUT2D eigenvalue weighted by Gasteiger charge is -2.22. The van der Waals surface area contributed by atoms with Gasteiger partial charge in [0.2, 0.25) is 11.7 Å². The highest BCUT2D eigenvalue weighted by Gasteiger charge is 2.14. The Bertz CT molecular complexity index is 507. The summed E-state index contributed by atoms with van der Waals surface area (Å²) in [5.74, 6) is 1.25. The maximum Gasteiger partial charge on any atom is 0.240 e. The van der Waals surface area contributed by atoms with Gasteiger partial charge in [-0.15, -0.1) is 0 Å². The van der Waals surface area contributed by atoms with Crippen LogP contribution in [0.15, 0.2) is 29.0 Å². The first kappa shape index (κ1) is 12.3. The lowest BCUT2D eigenvalue weighted by Crippen LogP contribution is -2.39. The summed E-state index contributed by atoms with van der Waals surface area (Å²) in [6.07, 6.45) is 5.73. The highest BCUT2D eigenvalue weighted by atomic mass is 16.5. The van der Waals surface area contributed by atoms with Gasteiger partial charge in [-0.1, -0.05) is 5.16 Å². The minimum Gasteiger partial charge on any atom is -0.338 e. The number of hydrogen-bond donors (Lipinski definition) is 2. The van der Waals surface area contributed by atoms with Crippen LogP contribution < -0.4 is 10.6 Å². The Labute approximate surface area is 111 Å². The van der Waals surface area contributed by atoms with Crippen LogP contribution in [0.1, 0.15) is 18.7 Å². The molecule has 6 nitrogen and oxygen atoms in total. The molecular formula is C13H17N5O. The van der Waals surface area contributed by atoms with Gasteiger partial charge in [0.1, 0.15) is 0 Å².